The molecule has 0 aliphatic heterocycles. The van der Waals surface area contributed by atoms with Gasteiger partial charge in [0, 0.05) is 15.2 Å². The molecule has 0 bridgehead atoms. The van der Waals surface area contributed by atoms with Gasteiger partial charge in [0.2, 0.25) is 0 Å². The maximum absolute atomic E-state index is 12.4. The molecule has 0 saturated heterocycles. The van der Waals surface area contributed by atoms with Gasteiger partial charge < -0.3 is 9.64 Å². The van der Waals surface area contributed by atoms with Crippen LogP contribution in [-0.4, -0.2) is 36.5 Å². The van der Waals surface area contributed by atoms with Gasteiger partial charge in [0.1, 0.15) is 6.54 Å². The number of benzene rings is 1. The molecule has 0 N–H and O–H groups in total. The first-order chi connectivity index (χ1) is 8.86. The summed E-state index contributed by atoms with van der Waals surface area (Å²) in [6.07, 6.45) is 0. The molecule has 1 aromatic rings. The lowest BCUT2D eigenvalue weighted by atomic mass is 10.1. The Hall–Kier alpha value is -0.820. The van der Waals surface area contributed by atoms with Crippen LogP contribution in [0.5, 0.6) is 0 Å². The number of hydrogen-bond acceptors (Lipinski definition) is 3. The molecule has 0 unspecified atom stereocenters. The third-order valence-corrected chi connectivity index (χ3v) is 4.15. The first kappa shape index (κ1) is 16.2. The number of esters is 1. The number of methoxy groups -OCH3 is 1. The standard InChI is InChI=1S/C13H15ClINO3/c1-8(2)16(7-12(17)19-3)13(18)9-4-5-11(15)10(14)6-9/h4-6,8H,7H2,1-3H3. The zero-order chi connectivity index (χ0) is 14.6. The Morgan fingerprint density at radius 1 is 1.42 bits per heavy atom. The summed E-state index contributed by atoms with van der Waals surface area (Å²) in [5, 5.41) is 0.522. The van der Waals surface area contributed by atoms with Crippen LogP contribution in [0.1, 0.15) is 24.2 Å². The highest BCUT2D eigenvalue weighted by atomic mass is 127. The van der Waals surface area contributed by atoms with Gasteiger partial charge in [-0.1, -0.05) is 11.6 Å². The minimum absolute atomic E-state index is 0.0728. The Morgan fingerprint density at radius 3 is 2.53 bits per heavy atom. The average molecular weight is 396 g/mol. The summed E-state index contributed by atoms with van der Waals surface area (Å²) in [6.45, 7) is 3.61. The number of ether oxygens (including phenoxy) is 1. The molecule has 0 heterocycles. The van der Waals surface area contributed by atoms with Crippen molar-refractivity contribution in [1.82, 2.24) is 4.90 Å². The Kier molecular flexibility index (Phi) is 6.06. The highest BCUT2D eigenvalue weighted by Gasteiger charge is 2.22. The second kappa shape index (κ2) is 7.09. The predicted octanol–water partition coefficient (Wildman–Crippen LogP) is 2.97. The number of carbonyl (C=O) groups excluding carboxylic acids is 2. The van der Waals surface area contributed by atoms with E-state index in [1.165, 1.54) is 12.0 Å². The molecule has 0 aliphatic rings. The quantitative estimate of drug-likeness (QED) is 0.582. The highest BCUT2D eigenvalue weighted by Crippen LogP contribution is 2.21. The Labute approximate surface area is 131 Å². The van der Waals surface area contributed by atoms with E-state index in [9.17, 15) is 9.59 Å². The van der Waals surface area contributed by atoms with Crippen molar-refractivity contribution in [2.75, 3.05) is 13.7 Å². The topological polar surface area (TPSA) is 46.6 Å². The van der Waals surface area contributed by atoms with E-state index in [1.54, 1.807) is 18.2 Å². The average Bonchev–Trinajstić information content (AvgIpc) is 2.37. The van der Waals surface area contributed by atoms with Crippen LogP contribution in [0.25, 0.3) is 0 Å². The molecule has 6 heteroatoms. The molecular weight excluding hydrogens is 381 g/mol. The van der Waals surface area contributed by atoms with Crippen LogP contribution < -0.4 is 0 Å². The Balaban J connectivity index is 2.99. The Bertz CT molecular complexity index is 491. The SMILES string of the molecule is COC(=O)CN(C(=O)c1ccc(I)c(Cl)c1)C(C)C. The van der Waals surface area contributed by atoms with Crippen LogP contribution >= 0.6 is 34.2 Å². The van der Waals surface area contributed by atoms with Crippen molar-refractivity contribution in [3.05, 3.63) is 32.4 Å². The van der Waals surface area contributed by atoms with Crippen molar-refractivity contribution in [2.24, 2.45) is 0 Å². The van der Waals surface area contributed by atoms with E-state index in [2.05, 4.69) is 27.3 Å². The summed E-state index contributed by atoms with van der Waals surface area (Å²) in [5.41, 5.74) is 0.461. The minimum atomic E-state index is -0.446. The second-order valence-corrected chi connectivity index (χ2v) is 5.80. The van der Waals surface area contributed by atoms with E-state index in [-0.39, 0.29) is 18.5 Å². The molecule has 0 atom stereocenters. The normalized spacial score (nSPS) is 10.4. The fourth-order valence-electron chi connectivity index (χ4n) is 1.49. The molecule has 0 fully saturated rings. The van der Waals surface area contributed by atoms with Crippen LogP contribution in [0.3, 0.4) is 0 Å². The molecule has 104 valence electrons. The summed E-state index contributed by atoms with van der Waals surface area (Å²) in [5.74, 6) is -0.683. The minimum Gasteiger partial charge on any atom is -0.468 e. The summed E-state index contributed by atoms with van der Waals surface area (Å²) in [4.78, 5) is 25.1. The number of halogens is 2. The van der Waals surface area contributed by atoms with E-state index in [4.69, 9.17) is 11.6 Å². The Morgan fingerprint density at radius 2 is 2.05 bits per heavy atom. The maximum Gasteiger partial charge on any atom is 0.325 e. The van der Waals surface area contributed by atoms with Crippen LogP contribution in [0.2, 0.25) is 5.02 Å². The molecule has 4 nitrogen and oxygen atoms in total. The van der Waals surface area contributed by atoms with Crippen molar-refractivity contribution in [3.8, 4) is 0 Å². The lowest BCUT2D eigenvalue weighted by Gasteiger charge is -2.25. The zero-order valence-electron chi connectivity index (χ0n) is 10.9. The smallest absolute Gasteiger partial charge is 0.325 e. The molecule has 0 spiro atoms. The summed E-state index contributed by atoms with van der Waals surface area (Å²) in [7, 11) is 1.30. The van der Waals surface area contributed by atoms with E-state index >= 15 is 0 Å². The van der Waals surface area contributed by atoms with Gasteiger partial charge in [-0.2, -0.15) is 0 Å². The van der Waals surface area contributed by atoms with Gasteiger partial charge in [-0.15, -0.1) is 0 Å². The van der Waals surface area contributed by atoms with Crippen molar-refractivity contribution in [3.63, 3.8) is 0 Å². The van der Waals surface area contributed by atoms with Crippen molar-refractivity contribution in [2.45, 2.75) is 19.9 Å². The van der Waals surface area contributed by atoms with Gasteiger partial charge in [0.05, 0.1) is 12.1 Å². The van der Waals surface area contributed by atoms with E-state index in [0.717, 1.165) is 3.57 Å². The van der Waals surface area contributed by atoms with Crippen LogP contribution in [-0.2, 0) is 9.53 Å². The summed E-state index contributed by atoms with van der Waals surface area (Å²) in [6, 6.07) is 4.97. The van der Waals surface area contributed by atoms with Gasteiger partial charge in [-0.25, -0.2) is 0 Å². The first-order valence-corrected chi connectivity index (χ1v) is 7.15. The van der Waals surface area contributed by atoms with Crippen molar-refractivity contribution < 1.29 is 14.3 Å². The first-order valence-electron chi connectivity index (χ1n) is 5.69. The third-order valence-electron chi connectivity index (χ3n) is 2.58. The maximum atomic E-state index is 12.4. The van der Waals surface area contributed by atoms with Crippen LogP contribution in [0.4, 0.5) is 0 Å². The number of hydrogen-bond donors (Lipinski definition) is 0. The van der Waals surface area contributed by atoms with Gasteiger partial charge in [0.25, 0.3) is 5.91 Å². The molecular formula is C13H15ClINO3. The van der Waals surface area contributed by atoms with Gasteiger partial charge in [-0.3, -0.25) is 9.59 Å². The lowest BCUT2D eigenvalue weighted by molar-refractivity contribution is -0.141. The van der Waals surface area contributed by atoms with Gasteiger partial charge in [0.15, 0.2) is 0 Å². The van der Waals surface area contributed by atoms with E-state index in [1.807, 2.05) is 13.8 Å². The van der Waals surface area contributed by atoms with Crippen LogP contribution in [0.15, 0.2) is 18.2 Å². The fourth-order valence-corrected chi connectivity index (χ4v) is 2.00. The fraction of sp³-hybridized carbons (Fsp3) is 0.385. The largest absolute Gasteiger partial charge is 0.468 e. The third kappa shape index (κ3) is 4.35. The molecule has 0 aromatic heterocycles. The van der Waals surface area contributed by atoms with Crippen LogP contribution in [0, 0.1) is 3.57 Å². The van der Waals surface area contributed by atoms with Gasteiger partial charge in [-0.05, 0) is 54.6 Å². The number of nitrogens with zero attached hydrogens (tertiary/aromatic N) is 1. The molecule has 19 heavy (non-hydrogen) atoms. The monoisotopic (exact) mass is 395 g/mol. The number of carbonyl (C=O) groups is 2. The molecule has 1 aromatic carbocycles. The lowest BCUT2D eigenvalue weighted by Crippen LogP contribution is -2.41. The molecule has 0 radical (unpaired) electrons. The summed E-state index contributed by atoms with van der Waals surface area (Å²) < 4.78 is 5.47. The predicted molar refractivity (Wildman–Crippen MR) is 82.4 cm³/mol. The number of amides is 1. The van der Waals surface area contributed by atoms with E-state index in [0.29, 0.717) is 10.6 Å². The number of rotatable bonds is 4. The zero-order valence-corrected chi connectivity index (χ0v) is 13.9. The molecule has 0 aliphatic carbocycles. The van der Waals surface area contributed by atoms with Gasteiger partial charge >= 0.3 is 5.97 Å². The van der Waals surface area contributed by atoms with Crippen molar-refractivity contribution in [1.29, 1.82) is 0 Å². The molecule has 0 saturated carbocycles. The molecule has 1 rings (SSSR count). The summed E-state index contributed by atoms with van der Waals surface area (Å²) >= 11 is 8.10. The van der Waals surface area contributed by atoms with E-state index < -0.39 is 5.97 Å². The van der Waals surface area contributed by atoms with Crippen molar-refractivity contribution >= 4 is 46.1 Å². The second-order valence-electron chi connectivity index (χ2n) is 4.23. The molecule has 1 amide bonds. The highest BCUT2D eigenvalue weighted by molar-refractivity contribution is 14.1.